The minimum Gasteiger partial charge on any atom is -0.447 e. The van der Waals surface area contributed by atoms with Gasteiger partial charge in [0.05, 0.1) is 6.54 Å². The Morgan fingerprint density at radius 3 is 2.52 bits per heavy atom. The number of nitrogens with one attached hydrogen (secondary N) is 1. The molecular weight excluding hydrogens is 321 g/mol. The lowest BCUT2D eigenvalue weighted by atomic mass is 10.1. The number of nitrogens with zero attached hydrogens (tertiary/aromatic N) is 2. The van der Waals surface area contributed by atoms with Crippen LogP contribution < -0.4 is 5.32 Å². The van der Waals surface area contributed by atoms with Gasteiger partial charge in [0.2, 0.25) is 5.89 Å². The second kappa shape index (κ2) is 8.76. The Morgan fingerprint density at radius 1 is 1.24 bits per heavy atom. The molecule has 0 saturated heterocycles. The molecule has 1 atom stereocenters. The Bertz CT molecular complexity index is 682. The summed E-state index contributed by atoms with van der Waals surface area (Å²) in [5.41, 5.74) is 1.31. The third-order valence-electron chi connectivity index (χ3n) is 4.06. The van der Waals surface area contributed by atoms with E-state index >= 15 is 0 Å². The Balaban J connectivity index is 2.08. The molecule has 0 bridgehead atoms. The maximum atomic E-state index is 13.1. The number of halogens is 1. The van der Waals surface area contributed by atoms with E-state index in [4.69, 9.17) is 4.42 Å². The van der Waals surface area contributed by atoms with E-state index in [1.165, 1.54) is 18.4 Å². The van der Waals surface area contributed by atoms with Crippen LogP contribution in [0.15, 0.2) is 34.9 Å². The van der Waals surface area contributed by atoms with Crippen molar-refractivity contribution >= 4 is 5.91 Å². The van der Waals surface area contributed by atoms with Crippen LogP contribution >= 0.6 is 0 Å². The van der Waals surface area contributed by atoms with E-state index in [2.05, 4.69) is 29.0 Å². The first kappa shape index (κ1) is 19.1. The molecule has 5 nitrogen and oxygen atoms in total. The monoisotopic (exact) mass is 347 g/mol. The lowest BCUT2D eigenvalue weighted by molar-refractivity contribution is 0.0938. The molecule has 6 heteroatoms. The molecule has 1 heterocycles. The fourth-order valence-electron chi connectivity index (χ4n) is 2.45. The van der Waals surface area contributed by atoms with E-state index in [1.807, 2.05) is 13.8 Å². The number of carbonyl (C=O) groups is 1. The van der Waals surface area contributed by atoms with Gasteiger partial charge in [-0.15, -0.1) is 0 Å². The van der Waals surface area contributed by atoms with Crippen molar-refractivity contribution in [2.24, 2.45) is 0 Å². The molecule has 1 aromatic carbocycles. The number of benzene rings is 1. The molecule has 1 N–H and O–H groups in total. The van der Waals surface area contributed by atoms with Crippen LogP contribution in [0.1, 0.15) is 56.1 Å². The second-order valence-electron chi connectivity index (χ2n) is 6.54. The Kier molecular flexibility index (Phi) is 6.70. The highest BCUT2D eigenvalue weighted by molar-refractivity contribution is 5.92. The molecule has 136 valence electrons. The van der Waals surface area contributed by atoms with Gasteiger partial charge in [-0.25, -0.2) is 9.37 Å². The average molecular weight is 347 g/mol. The third-order valence-corrected chi connectivity index (χ3v) is 4.06. The molecule has 1 aromatic heterocycles. The van der Waals surface area contributed by atoms with Crippen LogP contribution in [-0.2, 0) is 13.1 Å². The predicted octanol–water partition coefficient (Wildman–Crippen LogP) is 3.75. The highest BCUT2D eigenvalue weighted by atomic mass is 19.1. The van der Waals surface area contributed by atoms with Crippen LogP contribution in [0.5, 0.6) is 0 Å². The van der Waals surface area contributed by atoms with E-state index in [1.54, 1.807) is 12.1 Å². The number of amides is 1. The van der Waals surface area contributed by atoms with Gasteiger partial charge in [-0.3, -0.25) is 9.69 Å². The van der Waals surface area contributed by atoms with Gasteiger partial charge in [0.1, 0.15) is 12.1 Å². The molecular formula is C19H26FN3O2. The quantitative estimate of drug-likeness (QED) is 0.790. The van der Waals surface area contributed by atoms with Crippen molar-refractivity contribution in [3.8, 4) is 0 Å². The molecule has 0 aliphatic heterocycles. The summed E-state index contributed by atoms with van der Waals surface area (Å²) < 4.78 is 18.6. The van der Waals surface area contributed by atoms with Crippen molar-refractivity contribution in [2.75, 3.05) is 0 Å². The topological polar surface area (TPSA) is 58.4 Å². The summed E-state index contributed by atoms with van der Waals surface area (Å²) in [7, 11) is 0. The maximum Gasteiger partial charge on any atom is 0.273 e. The Hall–Kier alpha value is -2.21. The van der Waals surface area contributed by atoms with Crippen molar-refractivity contribution in [2.45, 2.75) is 59.3 Å². The van der Waals surface area contributed by atoms with Crippen LogP contribution in [-0.4, -0.2) is 27.9 Å². The molecule has 0 aliphatic carbocycles. The molecule has 1 amide bonds. The first-order valence-corrected chi connectivity index (χ1v) is 8.62. The first-order chi connectivity index (χ1) is 11.9. The van der Waals surface area contributed by atoms with Gasteiger partial charge in [-0.05, 0) is 44.9 Å². The van der Waals surface area contributed by atoms with Crippen LogP contribution in [0.3, 0.4) is 0 Å². The highest BCUT2D eigenvalue weighted by Crippen LogP contribution is 2.15. The third kappa shape index (κ3) is 5.67. The zero-order valence-electron chi connectivity index (χ0n) is 15.3. The van der Waals surface area contributed by atoms with E-state index in [9.17, 15) is 9.18 Å². The number of oxazole rings is 1. The van der Waals surface area contributed by atoms with Crippen molar-refractivity contribution in [1.29, 1.82) is 0 Å². The molecule has 0 saturated carbocycles. The Labute approximate surface area is 148 Å². The van der Waals surface area contributed by atoms with Gasteiger partial charge in [0, 0.05) is 18.6 Å². The van der Waals surface area contributed by atoms with Crippen molar-refractivity contribution < 1.29 is 13.6 Å². The van der Waals surface area contributed by atoms with E-state index < -0.39 is 0 Å². The fourth-order valence-corrected chi connectivity index (χ4v) is 2.45. The maximum absolute atomic E-state index is 13.1. The summed E-state index contributed by atoms with van der Waals surface area (Å²) in [5.74, 6) is 0.0160. The number of aromatic nitrogens is 1. The van der Waals surface area contributed by atoms with Crippen LogP contribution in [0.25, 0.3) is 0 Å². The van der Waals surface area contributed by atoms with Gasteiger partial charge in [0.15, 0.2) is 5.69 Å². The summed E-state index contributed by atoms with van der Waals surface area (Å²) in [6.07, 6.45) is 2.35. The SMILES string of the molecule is CCC(C)N(Cc1ccc(F)cc1)Cc1nc(C(=O)NC(C)C)co1. The molecule has 0 fully saturated rings. The average Bonchev–Trinajstić information content (AvgIpc) is 3.03. The summed E-state index contributed by atoms with van der Waals surface area (Å²) >= 11 is 0. The van der Waals surface area contributed by atoms with Gasteiger partial charge < -0.3 is 9.73 Å². The largest absolute Gasteiger partial charge is 0.447 e. The first-order valence-electron chi connectivity index (χ1n) is 8.62. The standard InChI is InChI=1S/C19H26FN3O2/c1-5-14(4)23(10-15-6-8-16(20)9-7-15)11-18-22-17(12-25-18)19(24)21-13(2)3/h6-9,12-14H,5,10-11H2,1-4H3,(H,21,24). The van der Waals surface area contributed by atoms with Crippen molar-refractivity contribution in [3.63, 3.8) is 0 Å². The zero-order chi connectivity index (χ0) is 18.4. The lowest BCUT2D eigenvalue weighted by Gasteiger charge is -2.27. The number of carbonyl (C=O) groups excluding carboxylic acids is 1. The molecule has 0 spiro atoms. The van der Waals surface area contributed by atoms with Gasteiger partial charge in [0.25, 0.3) is 5.91 Å². The van der Waals surface area contributed by atoms with Crippen LogP contribution in [0.2, 0.25) is 0 Å². The molecule has 0 aliphatic rings. The van der Waals surface area contributed by atoms with Crippen molar-refractivity contribution in [3.05, 3.63) is 53.5 Å². The minimum absolute atomic E-state index is 0.0442. The normalized spacial score (nSPS) is 12.6. The van der Waals surface area contributed by atoms with Crippen LogP contribution in [0.4, 0.5) is 4.39 Å². The van der Waals surface area contributed by atoms with Gasteiger partial charge in [-0.2, -0.15) is 0 Å². The van der Waals surface area contributed by atoms with Gasteiger partial charge >= 0.3 is 0 Å². The molecule has 0 radical (unpaired) electrons. The molecule has 1 unspecified atom stereocenters. The number of hydrogen-bond acceptors (Lipinski definition) is 4. The highest BCUT2D eigenvalue weighted by Gasteiger charge is 2.18. The fraction of sp³-hybridized carbons (Fsp3) is 0.474. The predicted molar refractivity (Wildman–Crippen MR) is 94.5 cm³/mol. The molecule has 25 heavy (non-hydrogen) atoms. The summed E-state index contributed by atoms with van der Waals surface area (Å²) in [5, 5.41) is 2.79. The number of hydrogen-bond donors (Lipinski definition) is 1. The van der Waals surface area contributed by atoms with Crippen molar-refractivity contribution in [1.82, 2.24) is 15.2 Å². The Morgan fingerprint density at radius 2 is 1.92 bits per heavy atom. The summed E-state index contributed by atoms with van der Waals surface area (Å²) in [6.45, 7) is 9.17. The lowest BCUT2D eigenvalue weighted by Crippen LogP contribution is -2.32. The summed E-state index contributed by atoms with van der Waals surface area (Å²) in [4.78, 5) is 18.5. The summed E-state index contributed by atoms with van der Waals surface area (Å²) in [6, 6.07) is 6.82. The van der Waals surface area contributed by atoms with E-state index in [-0.39, 0.29) is 23.5 Å². The zero-order valence-corrected chi connectivity index (χ0v) is 15.3. The second-order valence-corrected chi connectivity index (χ2v) is 6.54. The number of rotatable bonds is 8. The molecule has 2 aromatic rings. The van der Waals surface area contributed by atoms with Crippen LogP contribution in [0, 0.1) is 5.82 Å². The smallest absolute Gasteiger partial charge is 0.273 e. The minimum atomic E-state index is -0.243. The van der Waals surface area contributed by atoms with E-state index in [0.717, 1.165) is 12.0 Å². The molecule has 2 rings (SSSR count). The van der Waals surface area contributed by atoms with Gasteiger partial charge in [-0.1, -0.05) is 19.1 Å². The van der Waals surface area contributed by atoms with E-state index in [0.29, 0.717) is 25.0 Å².